The van der Waals surface area contributed by atoms with Crippen LogP contribution in [0.5, 0.6) is 0 Å². The molecule has 34 heavy (non-hydrogen) atoms. The zero-order valence-corrected chi connectivity index (χ0v) is 18.6. The highest BCUT2D eigenvalue weighted by atomic mass is 16.6. The number of nitrogens with zero attached hydrogens (tertiary/aromatic N) is 4. The standard InChI is InChI=1S/C26H25N5O3/c27-17-26(23-12-11-22-25(28)29-18-30-31(22)23)24(33-15-20-9-5-2-6-10-20)13-21(34-26)16-32-14-19-7-3-1-4-8-19/h1-12,18,21,24H,13-16H2,(H2,28,29,30)/t21-,24+,26-/m0/s1. The summed E-state index contributed by atoms with van der Waals surface area (Å²) in [5, 5.41) is 14.7. The molecule has 0 radical (unpaired) electrons. The van der Waals surface area contributed by atoms with Gasteiger partial charge in [-0.25, -0.2) is 9.50 Å². The normalized spacial score (nSPS) is 22.1. The summed E-state index contributed by atoms with van der Waals surface area (Å²) in [5.41, 5.74) is 7.92. The van der Waals surface area contributed by atoms with E-state index in [1.54, 1.807) is 16.6 Å². The summed E-state index contributed by atoms with van der Waals surface area (Å²) in [6.07, 6.45) is 1.01. The average molecular weight is 456 g/mol. The molecule has 8 heteroatoms. The highest BCUT2D eigenvalue weighted by molar-refractivity contribution is 5.66. The number of hydrogen-bond donors (Lipinski definition) is 1. The SMILES string of the molecule is N#C[C@@]1(c2ccc3c(N)ncnn23)O[C@H](COCc2ccccc2)C[C@H]1OCc1ccccc1. The predicted molar refractivity (Wildman–Crippen MR) is 125 cm³/mol. The van der Waals surface area contributed by atoms with E-state index in [1.807, 2.05) is 60.7 Å². The van der Waals surface area contributed by atoms with E-state index in [2.05, 4.69) is 16.2 Å². The first-order valence-corrected chi connectivity index (χ1v) is 11.1. The minimum atomic E-state index is -1.37. The Labute approximate surface area is 197 Å². The second kappa shape index (κ2) is 9.61. The van der Waals surface area contributed by atoms with Gasteiger partial charge in [0.15, 0.2) is 5.82 Å². The van der Waals surface area contributed by atoms with E-state index >= 15 is 0 Å². The number of nitrogens with two attached hydrogens (primary N) is 1. The van der Waals surface area contributed by atoms with Gasteiger partial charge in [0.2, 0.25) is 5.60 Å². The van der Waals surface area contributed by atoms with Crippen LogP contribution in [0.4, 0.5) is 5.82 Å². The number of fused-ring (bicyclic) bond motifs is 1. The molecule has 4 aromatic rings. The number of aromatic nitrogens is 3. The Kier molecular flexibility index (Phi) is 6.23. The molecule has 1 fully saturated rings. The first-order chi connectivity index (χ1) is 16.7. The smallest absolute Gasteiger partial charge is 0.223 e. The van der Waals surface area contributed by atoms with Gasteiger partial charge in [-0.15, -0.1) is 0 Å². The highest BCUT2D eigenvalue weighted by Gasteiger charge is 2.53. The lowest BCUT2D eigenvalue weighted by Crippen LogP contribution is -2.38. The van der Waals surface area contributed by atoms with E-state index in [0.717, 1.165) is 11.1 Å². The third kappa shape index (κ3) is 4.24. The first kappa shape index (κ1) is 22.0. The molecule has 8 nitrogen and oxygen atoms in total. The van der Waals surface area contributed by atoms with Crippen LogP contribution in [0.2, 0.25) is 0 Å². The molecule has 0 amide bonds. The van der Waals surface area contributed by atoms with Crippen LogP contribution in [0.1, 0.15) is 23.2 Å². The van der Waals surface area contributed by atoms with Gasteiger partial charge >= 0.3 is 0 Å². The van der Waals surface area contributed by atoms with Crippen LogP contribution in [0.3, 0.4) is 0 Å². The number of nitrogen functional groups attached to an aromatic ring is 1. The largest absolute Gasteiger partial charge is 0.382 e. The Hall–Kier alpha value is -3.77. The molecule has 1 aliphatic heterocycles. The fraction of sp³-hybridized carbons (Fsp3) is 0.269. The molecular weight excluding hydrogens is 430 g/mol. The molecule has 5 rings (SSSR count). The molecule has 0 bridgehead atoms. The highest BCUT2D eigenvalue weighted by Crippen LogP contribution is 2.42. The van der Waals surface area contributed by atoms with Crippen LogP contribution in [-0.4, -0.2) is 33.4 Å². The van der Waals surface area contributed by atoms with Gasteiger partial charge in [-0.05, 0) is 23.3 Å². The Morgan fingerprint density at radius 2 is 1.74 bits per heavy atom. The molecule has 2 N–H and O–H groups in total. The van der Waals surface area contributed by atoms with Crippen molar-refractivity contribution in [2.24, 2.45) is 0 Å². The molecule has 172 valence electrons. The summed E-state index contributed by atoms with van der Waals surface area (Å²) in [6, 6.07) is 25.8. The number of anilines is 1. The molecule has 2 aromatic carbocycles. The Morgan fingerprint density at radius 3 is 2.44 bits per heavy atom. The second-order valence-corrected chi connectivity index (χ2v) is 8.27. The topological polar surface area (TPSA) is 108 Å². The van der Waals surface area contributed by atoms with Crippen molar-refractivity contribution >= 4 is 11.3 Å². The number of benzene rings is 2. The van der Waals surface area contributed by atoms with E-state index < -0.39 is 11.7 Å². The summed E-state index contributed by atoms with van der Waals surface area (Å²) in [4.78, 5) is 4.05. The third-order valence-corrected chi connectivity index (χ3v) is 6.02. The maximum atomic E-state index is 10.4. The third-order valence-electron chi connectivity index (χ3n) is 6.02. The van der Waals surface area contributed by atoms with Crippen LogP contribution >= 0.6 is 0 Å². The lowest BCUT2D eigenvalue weighted by molar-refractivity contribution is -0.0934. The van der Waals surface area contributed by atoms with Crippen molar-refractivity contribution in [3.05, 3.63) is 95.9 Å². The van der Waals surface area contributed by atoms with Gasteiger partial charge < -0.3 is 19.9 Å². The van der Waals surface area contributed by atoms with Crippen LogP contribution < -0.4 is 5.73 Å². The van der Waals surface area contributed by atoms with Crippen LogP contribution in [-0.2, 0) is 33.0 Å². The molecule has 3 heterocycles. The van der Waals surface area contributed by atoms with Crippen molar-refractivity contribution < 1.29 is 14.2 Å². The zero-order valence-electron chi connectivity index (χ0n) is 18.6. The molecule has 0 aliphatic carbocycles. The van der Waals surface area contributed by atoms with Gasteiger partial charge in [0, 0.05) is 6.42 Å². The number of hydrogen-bond acceptors (Lipinski definition) is 7. The molecule has 1 aliphatic rings. The minimum Gasteiger partial charge on any atom is -0.382 e. The summed E-state index contributed by atoms with van der Waals surface area (Å²) in [6.45, 7) is 1.16. The van der Waals surface area contributed by atoms with Gasteiger partial charge in [-0.2, -0.15) is 10.4 Å². The van der Waals surface area contributed by atoms with Crippen LogP contribution in [0, 0.1) is 11.3 Å². The maximum absolute atomic E-state index is 10.4. The van der Waals surface area contributed by atoms with Crippen LogP contribution in [0.15, 0.2) is 79.1 Å². The molecule has 0 spiro atoms. The average Bonchev–Trinajstić information content (AvgIpc) is 3.47. The zero-order chi connectivity index (χ0) is 23.4. The Morgan fingerprint density at radius 1 is 1.03 bits per heavy atom. The Bertz CT molecular complexity index is 1290. The molecule has 3 atom stereocenters. The van der Waals surface area contributed by atoms with Crippen molar-refractivity contribution in [1.82, 2.24) is 14.6 Å². The lowest BCUT2D eigenvalue weighted by atomic mass is 9.94. The number of ether oxygens (including phenoxy) is 3. The number of nitriles is 1. The quantitative estimate of drug-likeness (QED) is 0.432. The first-order valence-electron chi connectivity index (χ1n) is 11.1. The van der Waals surface area contributed by atoms with E-state index in [4.69, 9.17) is 19.9 Å². The molecular formula is C26H25N5O3. The molecule has 0 saturated carbocycles. The molecule has 1 saturated heterocycles. The van der Waals surface area contributed by atoms with Gasteiger partial charge in [0.25, 0.3) is 0 Å². The summed E-state index contributed by atoms with van der Waals surface area (Å²) in [5.74, 6) is 0.330. The van der Waals surface area contributed by atoms with Gasteiger partial charge in [0.05, 0.1) is 31.6 Å². The van der Waals surface area contributed by atoms with Gasteiger partial charge in [-0.3, -0.25) is 0 Å². The van der Waals surface area contributed by atoms with E-state index in [-0.39, 0.29) is 6.10 Å². The van der Waals surface area contributed by atoms with Crippen molar-refractivity contribution in [2.75, 3.05) is 12.3 Å². The van der Waals surface area contributed by atoms with E-state index in [0.29, 0.717) is 43.3 Å². The fourth-order valence-electron chi connectivity index (χ4n) is 4.35. The predicted octanol–water partition coefficient (Wildman–Crippen LogP) is 3.62. The van der Waals surface area contributed by atoms with Crippen LogP contribution in [0.25, 0.3) is 5.52 Å². The van der Waals surface area contributed by atoms with Crippen molar-refractivity contribution in [1.29, 1.82) is 5.26 Å². The lowest BCUT2D eigenvalue weighted by Gasteiger charge is -2.27. The van der Waals surface area contributed by atoms with E-state index in [9.17, 15) is 5.26 Å². The Balaban J connectivity index is 1.41. The van der Waals surface area contributed by atoms with Crippen molar-refractivity contribution in [3.63, 3.8) is 0 Å². The molecule has 2 aromatic heterocycles. The fourth-order valence-corrected chi connectivity index (χ4v) is 4.35. The molecule has 0 unspecified atom stereocenters. The monoisotopic (exact) mass is 455 g/mol. The number of rotatable bonds is 8. The second-order valence-electron chi connectivity index (χ2n) is 8.27. The van der Waals surface area contributed by atoms with Gasteiger partial charge in [-0.1, -0.05) is 60.7 Å². The van der Waals surface area contributed by atoms with Gasteiger partial charge in [0.1, 0.15) is 24.0 Å². The maximum Gasteiger partial charge on any atom is 0.223 e. The minimum absolute atomic E-state index is 0.325. The summed E-state index contributed by atoms with van der Waals surface area (Å²) >= 11 is 0. The van der Waals surface area contributed by atoms with Crippen molar-refractivity contribution in [2.45, 2.75) is 37.4 Å². The van der Waals surface area contributed by atoms with Crippen molar-refractivity contribution in [3.8, 4) is 6.07 Å². The van der Waals surface area contributed by atoms with E-state index in [1.165, 1.54) is 6.33 Å². The summed E-state index contributed by atoms with van der Waals surface area (Å²) < 4.78 is 20.2. The summed E-state index contributed by atoms with van der Waals surface area (Å²) in [7, 11) is 0.